The van der Waals surface area contributed by atoms with E-state index in [0.717, 1.165) is 0 Å². The molecule has 0 saturated carbocycles. The molecule has 0 radical (unpaired) electrons. The van der Waals surface area contributed by atoms with E-state index in [2.05, 4.69) is 5.32 Å². The third kappa shape index (κ3) is 2.35. The van der Waals surface area contributed by atoms with Crippen molar-refractivity contribution in [1.82, 2.24) is 0 Å². The molecule has 0 fully saturated rings. The predicted octanol–water partition coefficient (Wildman–Crippen LogP) is 1.93. The molecule has 2 aromatic rings. The Morgan fingerprint density at radius 2 is 1.83 bits per heavy atom. The molecule has 0 bridgehead atoms. The fraction of sp³-hybridized carbons (Fsp3) is 0. The number of hydrogen-bond acceptors (Lipinski definition) is 4. The molecule has 0 saturated heterocycles. The van der Waals surface area contributed by atoms with E-state index in [1.807, 2.05) is 0 Å². The summed E-state index contributed by atoms with van der Waals surface area (Å²) in [5.74, 6) is -0.550. The Hall–Kier alpha value is -2.69. The molecule has 0 atom stereocenters. The van der Waals surface area contributed by atoms with Crippen LogP contribution in [-0.2, 0) is 0 Å². The Labute approximate surface area is 103 Å². The Morgan fingerprint density at radius 1 is 1.11 bits per heavy atom. The van der Waals surface area contributed by atoms with Gasteiger partial charge in [-0.15, -0.1) is 0 Å². The Morgan fingerprint density at radius 3 is 2.50 bits per heavy atom. The molecule has 0 heterocycles. The van der Waals surface area contributed by atoms with Crippen molar-refractivity contribution in [2.75, 3.05) is 11.1 Å². The first-order chi connectivity index (χ1) is 8.58. The van der Waals surface area contributed by atoms with Gasteiger partial charge in [0.2, 0.25) is 0 Å². The number of nitrogen functional groups attached to an aromatic ring is 1. The van der Waals surface area contributed by atoms with Gasteiger partial charge in [-0.1, -0.05) is 12.1 Å². The van der Waals surface area contributed by atoms with E-state index in [1.54, 1.807) is 12.1 Å². The fourth-order valence-corrected chi connectivity index (χ4v) is 1.52. The van der Waals surface area contributed by atoms with Gasteiger partial charge in [-0.3, -0.25) is 4.79 Å². The molecule has 0 aliphatic rings. The van der Waals surface area contributed by atoms with Gasteiger partial charge in [-0.05, 0) is 24.3 Å². The van der Waals surface area contributed by atoms with Gasteiger partial charge in [0.05, 0.1) is 16.9 Å². The second-order valence-corrected chi connectivity index (χ2v) is 3.74. The smallest absolute Gasteiger partial charge is 0.259 e. The van der Waals surface area contributed by atoms with Gasteiger partial charge in [0.1, 0.15) is 11.5 Å². The minimum absolute atomic E-state index is 0.0213. The molecule has 0 aliphatic carbocycles. The molecule has 1 amide bonds. The van der Waals surface area contributed by atoms with Crippen LogP contribution in [0.5, 0.6) is 11.5 Å². The molecule has 0 aromatic heterocycles. The summed E-state index contributed by atoms with van der Waals surface area (Å²) in [5.41, 5.74) is 6.43. The zero-order valence-electron chi connectivity index (χ0n) is 9.42. The summed E-state index contributed by atoms with van der Waals surface area (Å²) >= 11 is 0. The summed E-state index contributed by atoms with van der Waals surface area (Å²) in [6.45, 7) is 0. The van der Waals surface area contributed by atoms with Crippen LogP contribution in [0, 0.1) is 0 Å². The zero-order valence-corrected chi connectivity index (χ0v) is 9.42. The van der Waals surface area contributed by atoms with E-state index in [-0.39, 0.29) is 22.7 Å². The van der Waals surface area contributed by atoms with Crippen molar-refractivity contribution >= 4 is 17.3 Å². The topological polar surface area (TPSA) is 95.6 Å². The van der Waals surface area contributed by atoms with E-state index in [0.29, 0.717) is 5.69 Å². The SMILES string of the molecule is Nc1cc(O)ccc1NC(=O)c1ccccc1O. The van der Waals surface area contributed by atoms with Crippen LogP contribution in [0.15, 0.2) is 42.5 Å². The number of anilines is 2. The lowest BCUT2D eigenvalue weighted by molar-refractivity contribution is 0.102. The molecule has 18 heavy (non-hydrogen) atoms. The number of aromatic hydroxyl groups is 2. The standard InChI is InChI=1S/C13H12N2O3/c14-10-7-8(16)5-6-11(10)15-13(18)9-3-1-2-4-12(9)17/h1-7,16-17H,14H2,(H,15,18). The van der Waals surface area contributed by atoms with Crippen molar-refractivity contribution in [3.05, 3.63) is 48.0 Å². The maximum Gasteiger partial charge on any atom is 0.259 e. The second-order valence-electron chi connectivity index (χ2n) is 3.74. The molecule has 5 heteroatoms. The zero-order chi connectivity index (χ0) is 13.1. The minimum Gasteiger partial charge on any atom is -0.508 e. The van der Waals surface area contributed by atoms with Crippen LogP contribution in [-0.4, -0.2) is 16.1 Å². The predicted molar refractivity (Wildman–Crippen MR) is 68.6 cm³/mol. The number of carbonyl (C=O) groups is 1. The maximum absolute atomic E-state index is 11.9. The van der Waals surface area contributed by atoms with Crippen molar-refractivity contribution in [2.45, 2.75) is 0 Å². The highest BCUT2D eigenvalue weighted by molar-refractivity contribution is 6.07. The van der Waals surface area contributed by atoms with Crippen LogP contribution in [0.4, 0.5) is 11.4 Å². The molecule has 92 valence electrons. The van der Waals surface area contributed by atoms with Gasteiger partial charge in [0.15, 0.2) is 0 Å². The van der Waals surface area contributed by atoms with Crippen LogP contribution in [0.2, 0.25) is 0 Å². The number of amides is 1. The van der Waals surface area contributed by atoms with Crippen molar-refractivity contribution in [1.29, 1.82) is 0 Å². The average Bonchev–Trinajstić information content (AvgIpc) is 2.33. The summed E-state index contributed by atoms with van der Waals surface area (Å²) in [7, 11) is 0. The Kier molecular flexibility index (Phi) is 3.05. The Bertz CT molecular complexity index is 597. The molecule has 0 unspecified atom stereocenters. The molecular weight excluding hydrogens is 232 g/mol. The Balaban J connectivity index is 2.24. The highest BCUT2D eigenvalue weighted by atomic mass is 16.3. The first kappa shape index (κ1) is 11.8. The number of phenolic OH excluding ortho intramolecular Hbond substituents is 2. The lowest BCUT2D eigenvalue weighted by Crippen LogP contribution is -2.13. The third-order valence-electron chi connectivity index (χ3n) is 2.43. The molecular formula is C13H12N2O3. The largest absolute Gasteiger partial charge is 0.508 e. The number of benzene rings is 2. The van der Waals surface area contributed by atoms with Gasteiger partial charge in [-0.25, -0.2) is 0 Å². The van der Waals surface area contributed by atoms with Crippen LogP contribution >= 0.6 is 0 Å². The van der Waals surface area contributed by atoms with Gasteiger partial charge in [-0.2, -0.15) is 0 Å². The molecule has 2 rings (SSSR count). The van der Waals surface area contributed by atoms with Crippen molar-refractivity contribution in [3.63, 3.8) is 0 Å². The molecule has 5 N–H and O–H groups in total. The van der Waals surface area contributed by atoms with E-state index < -0.39 is 5.91 Å². The van der Waals surface area contributed by atoms with E-state index in [1.165, 1.54) is 30.3 Å². The summed E-state index contributed by atoms with van der Waals surface area (Å²) in [5, 5.41) is 21.3. The van der Waals surface area contributed by atoms with Crippen molar-refractivity contribution in [2.24, 2.45) is 0 Å². The highest BCUT2D eigenvalue weighted by Crippen LogP contribution is 2.25. The minimum atomic E-state index is -0.467. The fourth-order valence-electron chi connectivity index (χ4n) is 1.52. The van der Waals surface area contributed by atoms with E-state index >= 15 is 0 Å². The monoisotopic (exact) mass is 244 g/mol. The third-order valence-corrected chi connectivity index (χ3v) is 2.43. The second kappa shape index (κ2) is 4.67. The summed E-state index contributed by atoms with van der Waals surface area (Å²) < 4.78 is 0. The van der Waals surface area contributed by atoms with Crippen LogP contribution in [0.25, 0.3) is 0 Å². The summed E-state index contributed by atoms with van der Waals surface area (Å²) in [6.07, 6.45) is 0. The maximum atomic E-state index is 11.9. The molecule has 0 spiro atoms. The van der Waals surface area contributed by atoms with Crippen LogP contribution in [0.3, 0.4) is 0 Å². The van der Waals surface area contributed by atoms with E-state index in [4.69, 9.17) is 5.73 Å². The summed E-state index contributed by atoms with van der Waals surface area (Å²) in [6, 6.07) is 10.4. The lowest BCUT2D eigenvalue weighted by atomic mass is 10.1. The highest BCUT2D eigenvalue weighted by Gasteiger charge is 2.11. The first-order valence-corrected chi connectivity index (χ1v) is 5.26. The summed E-state index contributed by atoms with van der Waals surface area (Å²) in [4.78, 5) is 11.9. The van der Waals surface area contributed by atoms with Gasteiger partial charge in [0, 0.05) is 6.07 Å². The molecule has 2 aromatic carbocycles. The number of phenols is 2. The normalized spacial score (nSPS) is 10.0. The van der Waals surface area contributed by atoms with Crippen molar-refractivity contribution < 1.29 is 15.0 Å². The molecule has 0 aliphatic heterocycles. The average molecular weight is 244 g/mol. The van der Waals surface area contributed by atoms with Crippen molar-refractivity contribution in [3.8, 4) is 11.5 Å². The first-order valence-electron chi connectivity index (χ1n) is 5.26. The van der Waals surface area contributed by atoms with Crippen LogP contribution in [0.1, 0.15) is 10.4 Å². The van der Waals surface area contributed by atoms with Gasteiger partial charge in [0.25, 0.3) is 5.91 Å². The van der Waals surface area contributed by atoms with Crippen LogP contribution < -0.4 is 11.1 Å². The number of hydrogen-bond donors (Lipinski definition) is 4. The number of para-hydroxylation sites is 1. The number of carbonyl (C=O) groups excluding carboxylic acids is 1. The lowest BCUT2D eigenvalue weighted by Gasteiger charge is -2.09. The van der Waals surface area contributed by atoms with Gasteiger partial charge >= 0.3 is 0 Å². The number of rotatable bonds is 2. The van der Waals surface area contributed by atoms with Gasteiger partial charge < -0.3 is 21.3 Å². The number of nitrogens with two attached hydrogens (primary N) is 1. The quantitative estimate of drug-likeness (QED) is 0.479. The van der Waals surface area contributed by atoms with E-state index in [9.17, 15) is 15.0 Å². The molecule has 5 nitrogen and oxygen atoms in total. The number of nitrogens with one attached hydrogen (secondary N) is 1.